The molecule has 0 heterocycles. The molecule has 0 spiro atoms. The molecule has 0 aromatic rings. The molecule has 4 heteroatoms. The van der Waals surface area contributed by atoms with E-state index in [2.05, 4.69) is 25.2 Å². The average Bonchev–Trinajstić information content (AvgIpc) is 2.88. The normalized spacial score (nSPS) is 59.9. The molecule has 0 saturated heterocycles. The third-order valence-corrected chi connectivity index (χ3v) is 10.3. The topological polar surface area (TPSA) is 80.9 Å². The minimum atomic E-state index is -1.70. The van der Waals surface area contributed by atoms with Crippen LogP contribution >= 0.6 is 0 Å². The second-order valence-electron chi connectivity index (χ2n) is 10.7. The summed E-state index contributed by atoms with van der Waals surface area (Å²) in [6.45, 7) is 14.3. The van der Waals surface area contributed by atoms with Crippen molar-refractivity contribution >= 4 is 0 Å². The molecule has 28 heavy (non-hydrogen) atoms. The van der Waals surface area contributed by atoms with Crippen LogP contribution in [0.3, 0.4) is 0 Å². The van der Waals surface area contributed by atoms with Crippen LogP contribution in [0.5, 0.6) is 0 Å². The Morgan fingerprint density at radius 1 is 0.750 bits per heavy atom. The number of fused-ring (bicyclic) bond motifs is 4. The molecule has 4 aliphatic rings. The van der Waals surface area contributed by atoms with Gasteiger partial charge in [-0.05, 0) is 44.4 Å². The number of hydrogen-bond donors (Lipinski definition) is 4. The molecule has 4 aliphatic carbocycles. The van der Waals surface area contributed by atoms with Gasteiger partial charge in [-0.2, -0.15) is 0 Å². The molecule has 8 unspecified atom stereocenters. The summed E-state index contributed by atoms with van der Waals surface area (Å²) < 4.78 is 0. The molecule has 4 nitrogen and oxygen atoms in total. The number of hydrogen-bond acceptors (Lipinski definition) is 4. The van der Waals surface area contributed by atoms with E-state index >= 15 is 0 Å². The van der Waals surface area contributed by atoms with Gasteiger partial charge in [-0.1, -0.05) is 58.1 Å². The maximum Gasteiger partial charge on any atom is 0.103 e. The van der Waals surface area contributed by atoms with Gasteiger partial charge in [0.2, 0.25) is 0 Å². The van der Waals surface area contributed by atoms with E-state index in [1.807, 2.05) is 26.0 Å². The Hall–Kier alpha value is -1.20. The Morgan fingerprint density at radius 3 is 1.86 bits per heavy atom. The fourth-order valence-corrected chi connectivity index (χ4v) is 7.14. The highest BCUT2D eigenvalue weighted by molar-refractivity contribution is 5.63. The molecule has 4 rings (SSSR count). The Morgan fingerprint density at radius 2 is 1.29 bits per heavy atom. The van der Waals surface area contributed by atoms with E-state index in [0.29, 0.717) is 0 Å². The Balaban J connectivity index is 2.22. The van der Waals surface area contributed by atoms with Gasteiger partial charge in [0.15, 0.2) is 0 Å². The van der Waals surface area contributed by atoms with E-state index in [-0.39, 0.29) is 0 Å². The summed E-state index contributed by atoms with van der Waals surface area (Å²) in [6.07, 6.45) is 10.2. The van der Waals surface area contributed by atoms with Crippen molar-refractivity contribution in [3.05, 3.63) is 47.1 Å². The van der Waals surface area contributed by atoms with Gasteiger partial charge in [0.1, 0.15) is 16.8 Å². The van der Waals surface area contributed by atoms with Gasteiger partial charge in [-0.25, -0.2) is 0 Å². The summed E-state index contributed by atoms with van der Waals surface area (Å²) in [5.41, 5.74) is -6.15. The Bertz CT molecular complexity index is 898. The van der Waals surface area contributed by atoms with Crippen molar-refractivity contribution < 1.29 is 20.4 Å². The molecule has 154 valence electrons. The highest BCUT2D eigenvalue weighted by Gasteiger charge is 2.82. The van der Waals surface area contributed by atoms with Crippen molar-refractivity contribution in [2.75, 3.05) is 0 Å². The van der Waals surface area contributed by atoms with Crippen LogP contribution < -0.4 is 0 Å². The lowest BCUT2D eigenvalue weighted by atomic mass is 9.41. The maximum absolute atomic E-state index is 12.1. The standard InChI is InChI=1S/C24H34O4/c1-14-17-16-13-15-11-9-10-12-18(15,2)19(16,3)23(7,27)24(8,28)20(17,4)22(6,26)21(14,5)25/h9-14,25-28H,1-8H3. The van der Waals surface area contributed by atoms with Crippen LogP contribution in [0.25, 0.3) is 0 Å². The molecule has 0 radical (unpaired) electrons. The lowest BCUT2D eigenvalue weighted by molar-refractivity contribution is -0.288. The molecule has 8 atom stereocenters. The summed E-state index contributed by atoms with van der Waals surface area (Å²) in [6, 6.07) is 0. The van der Waals surface area contributed by atoms with Crippen molar-refractivity contribution in [3.8, 4) is 0 Å². The van der Waals surface area contributed by atoms with E-state index < -0.39 is 44.6 Å². The monoisotopic (exact) mass is 386 g/mol. The molecule has 0 aromatic carbocycles. The average molecular weight is 387 g/mol. The highest BCUT2D eigenvalue weighted by atomic mass is 16.4. The van der Waals surface area contributed by atoms with Crippen molar-refractivity contribution in [2.45, 2.75) is 77.8 Å². The number of aliphatic hydroxyl groups is 4. The maximum atomic E-state index is 12.1. The van der Waals surface area contributed by atoms with Gasteiger partial charge in [-0.15, -0.1) is 0 Å². The van der Waals surface area contributed by atoms with Crippen LogP contribution in [0.4, 0.5) is 0 Å². The van der Waals surface area contributed by atoms with Crippen LogP contribution in [0.2, 0.25) is 0 Å². The summed E-state index contributed by atoms with van der Waals surface area (Å²) in [7, 11) is 0. The smallest absolute Gasteiger partial charge is 0.103 e. The van der Waals surface area contributed by atoms with E-state index in [9.17, 15) is 20.4 Å². The third-order valence-electron chi connectivity index (χ3n) is 10.3. The molecule has 0 amide bonds. The zero-order chi connectivity index (χ0) is 21.3. The fraction of sp³-hybridized carbons (Fsp3) is 0.667. The number of allylic oxidation sites excluding steroid dienone is 6. The Kier molecular flexibility index (Phi) is 3.41. The molecule has 0 bridgehead atoms. The van der Waals surface area contributed by atoms with Gasteiger partial charge in [0.25, 0.3) is 0 Å². The molecular formula is C24H34O4. The fourth-order valence-electron chi connectivity index (χ4n) is 7.14. The van der Waals surface area contributed by atoms with Crippen molar-refractivity contribution in [2.24, 2.45) is 22.2 Å². The largest absolute Gasteiger partial charge is 0.387 e. The first-order chi connectivity index (χ1) is 12.5. The zero-order valence-electron chi connectivity index (χ0n) is 18.3. The third kappa shape index (κ3) is 1.50. The molecular weight excluding hydrogens is 352 g/mol. The summed E-state index contributed by atoms with van der Waals surface area (Å²) in [4.78, 5) is 0. The minimum Gasteiger partial charge on any atom is -0.387 e. The summed E-state index contributed by atoms with van der Waals surface area (Å²) in [5.74, 6) is -0.391. The lowest BCUT2D eigenvalue weighted by Crippen LogP contribution is -2.76. The van der Waals surface area contributed by atoms with Gasteiger partial charge in [0.05, 0.1) is 11.0 Å². The molecule has 0 aliphatic heterocycles. The van der Waals surface area contributed by atoms with Gasteiger partial charge in [-0.3, -0.25) is 0 Å². The molecule has 0 aromatic heterocycles. The van der Waals surface area contributed by atoms with Crippen LogP contribution in [0.1, 0.15) is 55.4 Å². The molecule has 1 saturated carbocycles. The Labute approximate surface area is 168 Å². The van der Waals surface area contributed by atoms with Crippen molar-refractivity contribution in [1.29, 1.82) is 0 Å². The lowest BCUT2D eigenvalue weighted by Gasteiger charge is -2.66. The molecule has 1 fully saturated rings. The van der Waals surface area contributed by atoms with Crippen molar-refractivity contribution in [3.63, 3.8) is 0 Å². The second-order valence-corrected chi connectivity index (χ2v) is 10.7. The van der Waals surface area contributed by atoms with Crippen LogP contribution in [0, 0.1) is 22.2 Å². The first-order valence-electron chi connectivity index (χ1n) is 10.2. The minimum absolute atomic E-state index is 0.391. The summed E-state index contributed by atoms with van der Waals surface area (Å²) >= 11 is 0. The van der Waals surface area contributed by atoms with Gasteiger partial charge in [0, 0.05) is 16.7 Å². The van der Waals surface area contributed by atoms with E-state index in [1.54, 1.807) is 34.6 Å². The van der Waals surface area contributed by atoms with Crippen LogP contribution in [-0.4, -0.2) is 42.8 Å². The van der Waals surface area contributed by atoms with Crippen LogP contribution in [-0.2, 0) is 0 Å². The quantitative estimate of drug-likeness (QED) is 0.516. The summed E-state index contributed by atoms with van der Waals surface area (Å²) in [5, 5.41) is 47.1. The predicted octanol–water partition coefficient (Wildman–Crippen LogP) is 3.04. The molecule has 4 N–H and O–H groups in total. The van der Waals surface area contributed by atoms with E-state index in [0.717, 1.165) is 16.7 Å². The van der Waals surface area contributed by atoms with Gasteiger partial charge >= 0.3 is 0 Å². The zero-order valence-corrected chi connectivity index (χ0v) is 18.3. The predicted molar refractivity (Wildman–Crippen MR) is 109 cm³/mol. The second kappa shape index (κ2) is 4.75. The van der Waals surface area contributed by atoms with E-state index in [1.165, 1.54) is 0 Å². The van der Waals surface area contributed by atoms with E-state index in [4.69, 9.17) is 0 Å². The first-order valence-corrected chi connectivity index (χ1v) is 10.2. The number of rotatable bonds is 0. The van der Waals surface area contributed by atoms with Crippen molar-refractivity contribution in [1.82, 2.24) is 0 Å². The highest BCUT2D eigenvalue weighted by Crippen LogP contribution is 2.76. The first kappa shape index (κ1) is 20.1. The van der Waals surface area contributed by atoms with Crippen LogP contribution in [0.15, 0.2) is 47.1 Å². The SMILES string of the molecule is CC1C2=C3C=C4C=CC=CC4(C)C3(C)C(C)(O)C(C)(O)C2(C)C(C)(O)C1(C)O. The van der Waals surface area contributed by atoms with Gasteiger partial charge < -0.3 is 20.4 Å².